The number of aliphatic hydroxyl groups excluding tert-OH is 1. The summed E-state index contributed by atoms with van der Waals surface area (Å²) in [6.07, 6.45) is 1.64. The molecule has 0 saturated carbocycles. The van der Waals surface area contributed by atoms with Crippen LogP contribution in [0.25, 0.3) is 10.9 Å². The molecule has 0 aliphatic rings. The van der Waals surface area contributed by atoms with Crippen molar-refractivity contribution in [1.82, 2.24) is 4.98 Å². The predicted octanol–water partition coefficient (Wildman–Crippen LogP) is 2.46. The fraction of sp³-hybridized carbons (Fsp3) is 0.100. The first-order valence-electron chi connectivity index (χ1n) is 3.95. The average molecular weight is 194 g/mol. The van der Waals surface area contributed by atoms with Crippen LogP contribution in [0, 0.1) is 0 Å². The summed E-state index contributed by atoms with van der Waals surface area (Å²) in [6, 6.07) is 9.30. The summed E-state index contributed by atoms with van der Waals surface area (Å²) in [5.41, 5.74) is 0.583. The number of aliphatic hydroxyl groups is 1. The lowest BCUT2D eigenvalue weighted by molar-refractivity contribution is 0.264. The molecule has 0 bridgehead atoms. The minimum atomic E-state index is -0.965. The Labute approximate surface area is 80.8 Å². The van der Waals surface area contributed by atoms with Gasteiger partial charge in [0.1, 0.15) is 0 Å². The standard InChI is InChI=1S/C10H8ClNO/c11-10(13)8-5-6-12-9-4-2-1-3-7(8)9/h1-6,10,13H. The lowest BCUT2D eigenvalue weighted by Crippen LogP contribution is -1.90. The van der Waals surface area contributed by atoms with Gasteiger partial charge in [-0.15, -0.1) is 0 Å². The molecular formula is C10H8ClNO. The number of halogens is 1. The minimum absolute atomic E-state index is 0.701. The van der Waals surface area contributed by atoms with Crippen molar-refractivity contribution in [2.24, 2.45) is 0 Å². The smallest absolute Gasteiger partial charge is 0.154 e. The molecule has 1 N–H and O–H groups in total. The van der Waals surface area contributed by atoms with Crippen molar-refractivity contribution >= 4 is 22.5 Å². The second-order valence-electron chi connectivity index (χ2n) is 2.75. The summed E-state index contributed by atoms with van der Waals surface area (Å²) < 4.78 is 0. The molecule has 0 spiro atoms. The lowest BCUT2D eigenvalue weighted by atomic mass is 10.1. The van der Waals surface area contributed by atoms with Crippen LogP contribution in [0.15, 0.2) is 36.5 Å². The van der Waals surface area contributed by atoms with Crippen molar-refractivity contribution in [2.45, 2.75) is 5.56 Å². The monoisotopic (exact) mass is 193 g/mol. The highest BCUT2D eigenvalue weighted by Gasteiger charge is 2.06. The third kappa shape index (κ3) is 1.50. The first-order chi connectivity index (χ1) is 6.29. The Kier molecular flexibility index (Phi) is 2.17. The Morgan fingerprint density at radius 3 is 2.77 bits per heavy atom. The van der Waals surface area contributed by atoms with Gasteiger partial charge in [-0.3, -0.25) is 4.98 Å². The zero-order chi connectivity index (χ0) is 9.26. The molecule has 1 aromatic heterocycles. The molecule has 3 heteroatoms. The van der Waals surface area contributed by atoms with E-state index in [4.69, 9.17) is 11.6 Å². The number of pyridine rings is 1. The van der Waals surface area contributed by atoms with Gasteiger partial charge in [0.2, 0.25) is 0 Å². The molecular weight excluding hydrogens is 186 g/mol. The van der Waals surface area contributed by atoms with Gasteiger partial charge in [-0.2, -0.15) is 0 Å². The third-order valence-electron chi connectivity index (χ3n) is 1.94. The van der Waals surface area contributed by atoms with Gasteiger partial charge in [0, 0.05) is 17.1 Å². The van der Waals surface area contributed by atoms with Gasteiger partial charge in [-0.25, -0.2) is 0 Å². The van der Waals surface area contributed by atoms with Crippen LogP contribution in [0.2, 0.25) is 0 Å². The summed E-state index contributed by atoms with van der Waals surface area (Å²) in [7, 11) is 0. The number of alkyl halides is 1. The van der Waals surface area contributed by atoms with Crippen LogP contribution in [0.1, 0.15) is 11.1 Å². The number of hydrogen-bond acceptors (Lipinski definition) is 2. The molecule has 1 unspecified atom stereocenters. The van der Waals surface area contributed by atoms with Crippen LogP contribution < -0.4 is 0 Å². The van der Waals surface area contributed by atoms with Gasteiger partial charge < -0.3 is 5.11 Å². The molecule has 0 amide bonds. The van der Waals surface area contributed by atoms with Crippen LogP contribution >= 0.6 is 11.6 Å². The van der Waals surface area contributed by atoms with E-state index in [-0.39, 0.29) is 0 Å². The molecule has 66 valence electrons. The average Bonchev–Trinajstić information content (AvgIpc) is 2.17. The van der Waals surface area contributed by atoms with Crippen molar-refractivity contribution in [1.29, 1.82) is 0 Å². The van der Waals surface area contributed by atoms with Gasteiger partial charge in [0.05, 0.1) is 5.52 Å². The van der Waals surface area contributed by atoms with Crippen LogP contribution in [-0.4, -0.2) is 10.1 Å². The molecule has 0 saturated heterocycles. The summed E-state index contributed by atoms with van der Waals surface area (Å²) in [5, 5.41) is 10.2. The number of hydrogen-bond donors (Lipinski definition) is 1. The van der Waals surface area contributed by atoms with Gasteiger partial charge >= 0.3 is 0 Å². The maximum atomic E-state index is 9.26. The van der Waals surface area contributed by atoms with Crippen LogP contribution in [0.3, 0.4) is 0 Å². The van der Waals surface area contributed by atoms with E-state index in [0.717, 1.165) is 10.9 Å². The van der Waals surface area contributed by atoms with Crippen LogP contribution in [0.4, 0.5) is 0 Å². The Morgan fingerprint density at radius 1 is 1.23 bits per heavy atom. The molecule has 0 fully saturated rings. The lowest BCUT2D eigenvalue weighted by Gasteiger charge is -2.05. The fourth-order valence-electron chi connectivity index (χ4n) is 1.33. The molecule has 0 aliphatic heterocycles. The molecule has 2 aromatic rings. The number of benzene rings is 1. The van der Waals surface area contributed by atoms with E-state index in [0.29, 0.717) is 5.56 Å². The largest absolute Gasteiger partial charge is 0.373 e. The molecule has 0 aliphatic carbocycles. The van der Waals surface area contributed by atoms with Crippen molar-refractivity contribution in [3.8, 4) is 0 Å². The quantitative estimate of drug-likeness (QED) is 0.706. The number of aromatic nitrogens is 1. The Hall–Kier alpha value is -1.12. The Morgan fingerprint density at radius 2 is 2.00 bits per heavy atom. The highest BCUT2D eigenvalue weighted by Crippen LogP contribution is 2.24. The normalized spacial score (nSPS) is 13.1. The van der Waals surface area contributed by atoms with Crippen molar-refractivity contribution in [2.75, 3.05) is 0 Å². The van der Waals surface area contributed by atoms with E-state index < -0.39 is 5.56 Å². The van der Waals surface area contributed by atoms with Gasteiger partial charge in [0.25, 0.3) is 0 Å². The highest BCUT2D eigenvalue weighted by molar-refractivity contribution is 6.20. The van der Waals surface area contributed by atoms with E-state index in [1.54, 1.807) is 12.3 Å². The third-order valence-corrected chi connectivity index (χ3v) is 2.17. The SMILES string of the molecule is OC(Cl)c1ccnc2ccccc12. The van der Waals surface area contributed by atoms with Gasteiger partial charge in [-0.1, -0.05) is 29.8 Å². The Balaban J connectivity index is 2.76. The molecule has 2 nitrogen and oxygen atoms in total. The molecule has 1 atom stereocenters. The highest BCUT2D eigenvalue weighted by atomic mass is 35.5. The predicted molar refractivity (Wildman–Crippen MR) is 52.6 cm³/mol. The number of nitrogens with zero attached hydrogens (tertiary/aromatic N) is 1. The minimum Gasteiger partial charge on any atom is -0.373 e. The first-order valence-corrected chi connectivity index (χ1v) is 4.38. The molecule has 2 rings (SSSR count). The fourth-order valence-corrected chi connectivity index (χ4v) is 1.52. The summed E-state index contributed by atoms with van der Waals surface area (Å²) in [4.78, 5) is 4.15. The zero-order valence-corrected chi connectivity index (χ0v) is 7.57. The second kappa shape index (κ2) is 3.32. The van der Waals surface area contributed by atoms with Crippen LogP contribution in [-0.2, 0) is 0 Å². The summed E-state index contributed by atoms with van der Waals surface area (Å²) in [5.74, 6) is 0. The van der Waals surface area contributed by atoms with Crippen molar-refractivity contribution < 1.29 is 5.11 Å². The summed E-state index contributed by atoms with van der Waals surface area (Å²) >= 11 is 5.61. The van der Waals surface area contributed by atoms with E-state index in [1.165, 1.54) is 0 Å². The number of rotatable bonds is 1. The second-order valence-corrected chi connectivity index (χ2v) is 3.17. The van der Waals surface area contributed by atoms with E-state index in [1.807, 2.05) is 24.3 Å². The van der Waals surface area contributed by atoms with E-state index in [2.05, 4.69) is 4.98 Å². The van der Waals surface area contributed by atoms with Crippen molar-refractivity contribution in [3.05, 3.63) is 42.1 Å². The van der Waals surface area contributed by atoms with Gasteiger partial charge in [0.15, 0.2) is 5.56 Å². The maximum Gasteiger partial charge on any atom is 0.154 e. The Bertz CT molecular complexity index is 423. The topological polar surface area (TPSA) is 33.1 Å². The zero-order valence-electron chi connectivity index (χ0n) is 6.81. The van der Waals surface area contributed by atoms with E-state index in [9.17, 15) is 5.11 Å². The van der Waals surface area contributed by atoms with E-state index >= 15 is 0 Å². The van der Waals surface area contributed by atoms with Crippen LogP contribution in [0.5, 0.6) is 0 Å². The molecule has 1 heterocycles. The molecule has 13 heavy (non-hydrogen) atoms. The number of fused-ring (bicyclic) bond motifs is 1. The first kappa shape index (κ1) is 8.48. The molecule has 1 aromatic carbocycles. The summed E-state index contributed by atoms with van der Waals surface area (Å²) in [6.45, 7) is 0. The maximum absolute atomic E-state index is 9.26. The van der Waals surface area contributed by atoms with Crippen molar-refractivity contribution in [3.63, 3.8) is 0 Å². The molecule has 0 radical (unpaired) electrons. The number of para-hydroxylation sites is 1. The van der Waals surface area contributed by atoms with Gasteiger partial charge in [-0.05, 0) is 12.1 Å².